The molecule has 25 heavy (non-hydrogen) atoms. The van der Waals surface area contributed by atoms with Crippen LogP contribution in [0.15, 0.2) is 59.1 Å². The lowest BCUT2D eigenvalue weighted by atomic mass is 10.2. The molecule has 1 heterocycles. The second-order valence-electron chi connectivity index (χ2n) is 6.30. The van der Waals surface area contributed by atoms with E-state index in [0.29, 0.717) is 5.75 Å². The Morgan fingerprint density at radius 1 is 1.08 bits per heavy atom. The third-order valence-corrected chi connectivity index (χ3v) is 4.88. The van der Waals surface area contributed by atoms with Crippen LogP contribution in [0, 0.1) is 0 Å². The molecule has 132 valence electrons. The highest BCUT2D eigenvalue weighted by Crippen LogP contribution is 2.19. The van der Waals surface area contributed by atoms with Crippen molar-refractivity contribution in [1.82, 2.24) is 9.80 Å². The number of ether oxygens (including phenoxy) is 1. The Bertz CT molecular complexity index is 700. The number of carbonyl (C=O) groups is 1. The standard InChI is InChI=1S/C20H23BrN2O2/c1-16(25-19-9-5-8-18(21)14-19)20(24)23-12-10-22(11-13-23)15-17-6-3-2-4-7-17/h2-9,14,16H,10-13,15H2,1H3. The Balaban J connectivity index is 1.49. The average molecular weight is 403 g/mol. The molecule has 5 heteroatoms. The van der Waals surface area contributed by atoms with E-state index in [1.54, 1.807) is 0 Å². The molecule has 2 aromatic rings. The molecular weight excluding hydrogens is 380 g/mol. The molecule has 1 saturated heterocycles. The first-order valence-corrected chi connectivity index (χ1v) is 9.38. The molecule has 1 aliphatic heterocycles. The monoisotopic (exact) mass is 402 g/mol. The molecule has 1 fully saturated rings. The van der Waals surface area contributed by atoms with Crippen molar-refractivity contribution < 1.29 is 9.53 Å². The molecule has 1 amide bonds. The number of piperazine rings is 1. The lowest BCUT2D eigenvalue weighted by Crippen LogP contribution is -2.51. The molecule has 0 N–H and O–H groups in total. The molecular formula is C20H23BrN2O2. The molecule has 4 nitrogen and oxygen atoms in total. The minimum Gasteiger partial charge on any atom is -0.481 e. The zero-order valence-electron chi connectivity index (χ0n) is 14.4. The van der Waals surface area contributed by atoms with E-state index in [1.807, 2.05) is 42.2 Å². The van der Waals surface area contributed by atoms with Crippen LogP contribution < -0.4 is 4.74 Å². The summed E-state index contributed by atoms with van der Waals surface area (Å²) in [6.45, 7) is 6.04. The summed E-state index contributed by atoms with van der Waals surface area (Å²) in [4.78, 5) is 16.9. The zero-order chi connectivity index (χ0) is 17.6. The second kappa shape index (κ2) is 8.50. The summed E-state index contributed by atoms with van der Waals surface area (Å²) < 4.78 is 6.74. The van der Waals surface area contributed by atoms with Gasteiger partial charge in [-0.25, -0.2) is 0 Å². The first-order valence-electron chi connectivity index (χ1n) is 8.59. The Kier molecular flexibility index (Phi) is 6.10. The third-order valence-electron chi connectivity index (χ3n) is 4.39. The Labute approximate surface area is 157 Å². The molecule has 0 radical (unpaired) electrons. The lowest BCUT2D eigenvalue weighted by Gasteiger charge is -2.35. The smallest absolute Gasteiger partial charge is 0.263 e. The number of halogens is 1. The molecule has 1 aliphatic rings. The Hall–Kier alpha value is -1.85. The molecule has 2 aromatic carbocycles. The summed E-state index contributed by atoms with van der Waals surface area (Å²) in [7, 11) is 0. The molecule has 3 rings (SSSR count). The fraction of sp³-hybridized carbons (Fsp3) is 0.350. The summed E-state index contributed by atoms with van der Waals surface area (Å²) in [6, 6.07) is 18.0. The van der Waals surface area contributed by atoms with Gasteiger partial charge in [-0.3, -0.25) is 9.69 Å². The van der Waals surface area contributed by atoms with Gasteiger partial charge in [-0.15, -0.1) is 0 Å². The Morgan fingerprint density at radius 3 is 2.48 bits per heavy atom. The van der Waals surface area contributed by atoms with Gasteiger partial charge >= 0.3 is 0 Å². The minimum absolute atomic E-state index is 0.0549. The van der Waals surface area contributed by atoms with Gasteiger partial charge in [0, 0.05) is 37.2 Å². The summed E-state index contributed by atoms with van der Waals surface area (Å²) in [5.41, 5.74) is 1.31. The SMILES string of the molecule is CC(Oc1cccc(Br)c1)C(=O)N1CCN(Cc2ccccc2)CC1. The third kappa shape index (κ3) is 5.06. The molecule has 0 aromatic heterocycles. The quantitative estimate of drug-likeness (QED) is 0.766. The number of carbonyl (C=O) groups excluding carboxylic acids is 1. The van der Waals surface area contributed by atoms with Gasteiger partial charge in [0.2, 0.25) is 0 Å². The molecule has 0 saturated carbocycles. The van der Waals surface area contributed by atoms with Gasteiger partial charge in [0.05, 0.1) is 0 Å². The van der Waals surface area contributed by atoms with Gasteiger partial charge in [-0.1, -0.05) is 52.3 Å². The molecule has 1 atom stereocenters. The highest BCUT2D eigenvalue weighted by Gasteiger charge is 2.26. The van der Waals surface area contributed by atoms with Crippen molar-refractivity contribution in [2.75, 3.05) is 26.2 Å². The van der Waals surface area contributed by atoms with Gasteiger partial charge in [0.25, 0.3) is 5.91 Å². The largest absolute Gasteiger partial charge is 0.481 e. The van der Waals surface area contributed by atoms with Gasteiger partial charge in [0.15, 0.2) is 6.10 Å². The number of hydrogen-bond acceptors (Lipinski definition) is 3. The van der Waals surface area contributed by atoms with Crippen LogP contribution in [-0.2, 0) is 11.3 Å². The van der Waals surface area contributed by atoms with Crippen LogP contribution in [0.5, 0.6) is 5.75 Å². The van der Waals surface area contributed by atoms with Crippen molar-refractivity contribution in [3.8, 4) is 5.75 Å². The number of amides is 1. The van der Waals surface area contributed by atoms with E-state index in [1.165, 1.54) is 5.56 Å². The van der Waals surface area contributed by atoms with Crippen molar-refractivity contribution in [1.29, 1.82) is 0 Å². The number of hydrogen-bond donors (Lipinski definition) is 0. The summed E-state index contributed by atoms with van der Waals surface area (Å²) in [5, 5.41) is 0. The average Bonchev–Trinajstić information content (AvgIpc) is 2.62. The zero-order valence-corrected chi connectivity index (χ0v) is 16.0. The van der Waals surface area contributed by atoms with Crippen LogP contribution in [0.3, 0.4) is 0 Å². The summed E-state index contributed by atoms with van der Waals surface area (Å²) in [5.74, 6) is 0.761. The van der Waals surface area contributed by atoms with Crippen molar-refractivity contribution in [3.63, 3.8) is 0 Å². The van der Waals surface area contributed by atoms with Crippen LogP contribution in [-0.4, -0.2) is 48.0 Å². The van der Waals surface area contributed by atoms with Crippen LogP contribution in [0.2, 0.25) is 0 Å². The van der Waals surface area contributed by atoms with E-state index in [0.717, 1.165) is 37.2 Å². The molecule has 0 spiro atoms. The predicted octanol–water partition coefficient (Wildman–Crippen LogP) is 3.56. The van der Waals surface area contributed by atoms with E-state index in [4.69, 9.17) is 4.74 Å². The van der Waals surface area contributed by atoms with E-state index in [2.05, 4.69) is 45.1 Å². The van der Waals surface area contributed by atoms with Crippen LogP contribution in [0.1, 0.15) is 12.5 Å². The molecule has 0 bridgehead atoms. The Morgan fingerprint density at radius 2 is 1.80 bits per heavy atom. The number of rotatable bonds is 5. The van der Waals surface area contributed by atoms with E-state index >= 15 is 0 Å². The maximum atomic E-state index is 12.6. The predicted molar refractivity (Wildman–Crippen MR) is 103 cm³/mol. The topological polar surface area (TPSA) is 32.8 Å². The maximum Gasteiger partial charge on any atom is 0.263 e. The lowest BCUT2D eigenvalue weighted by molar-refractivity contribution is -0.139. The van der Waals surface area contributed by atoms with Gasteiger partial charge in [-0.05, 0) is 30.7 Å². The minimum atomic E-state index is -0.477. The van der Waals surface area contributed by atoms with Crippen LogP contribution in [0.25, 0.3) is 0 Å². The fourth-order valence-electron chi connectivity index (χ4n) is 3.02. The van der Waals surface area contributed by atoms with E-state index in [9.17, 15) is 4.79 Å². The van der Waals surface area contributed by atoms with Crippen molar-refractivity contribution in [2.45, 2.75) is 19.6 Å². The van der Waals surface area contributed by atoms with Crippen molar-refractivity contribution >= 4 is 21.8 Å². The first kappa shape index (κ1) is 18.0. The second-order valence-corrected chi connectivity index (χ2v) is 7.22. The number of nitrogens with zero attached hydrogens (tertiary/aromatic N) is 2. The van der Waals surface area contributed by atoms with E-state index in [-0.39, 0.29) is 5.91 Å². The highest BCUT2D eigenvalue weighted by atomic mass is 79.9. The van der Waals surface area contributed by atoms with E-state index < -0.39 is 6.10 Å². The van der Waals surface area contributed by atoms with Gasteiger partial charge in [0.1, 0.15) is 5.75 Å². The maximum absolute atomic E-state index is 12.6. The number of benzene rings is 2. The van der Waals surface area contributed by atoms with Crippen LogP contribution >= 0.6 is 15.9 Å². The van der Waals surface area contributed by atoms with Crippen molar-refractivity contribution in [2.24, 2.45) is 0 Å². The molecule has 1 unspecified atom stereocenters. The van der Waals surface area contributed by atoms with Gasteiger partial charge in [-0.2, -0.15) is 0 Å². The first-order chi connectivity index (χ1) is 12.1. The van der Waals surface area contributed by atoms with Crippen LogP contribution in [0.4, 0.5) is 0 Å². The normalized spacial score (nSPS) is 16.5. The highest BCUT2D eigenvalue weighted by molar-refractivity contribution is 9.10. The summed E-state index contributed by atoms with van der Waals surface area (Å²) in [6.07, 6.45) is -0.477. The van der Waals surface area contributed by atoms with Gasteiger partial charge < -0.3 is 9.64 Å². The fourth-order valence-corrected chi connectivity index (χ4v) is 3.40. The summed E-state index contributed by atoms with van der Waals surface area (Å²) >= 11 is 3.42. The molecule has 0 aliphatic carbocycles. The van der Waals surface area contributed by atoms with Crippen molar-refractivity contribution in [3.05, 3.63) is 64.6 Å².